The normalized spacial score (nSPS) is 11.5. The van der Waals surface area contributed by atoms with Crippen LogP contribution in [0.15, 0.2) is 35.1 Å². The summed E-state index contributed by atoms with van der Waals surface area (Å²) in [6, 6.07) is 10.0. The van der Waals surface area contributed by atoms with E-state index in [1.165, 1.54) is 27.0 Å². The van der Waals surface area contributed by atoms with Gasteiger partial charge in [-0.05, 0) is 26.5 Å². The molecule has 0 aliphatic heterocycles. The lowest BCUT2D eigenvalue weighted by Gasteiger charge is -2.16. The maximum Gasteiger partial charge on any atom is 0.275 e. The molecule has 0 saturated heterocycles. The Kier molecular flexibility index (Phi) is 4.04. The van der Waals surface area contributed by atoms with Crippen molar-refractivity contribution in [3.8, 4) is 0 Å². The van der Waals surface area contributed by atoms with E-state index < -0.39 is 0 Å². The topological polar surface area (TPSA) is 50.5 Å². The standard InChI is InChI=1S/C16H18N4OS/c1-11-4-6-13(7-5-11)9-19(3)10-14-8-15(21)20-16(17-14)22-12(2)18-20/h4-8H,9-10H2,1-3H3. The van der Waals surface area contributed by atoms with Crippen molar-refractivity contribution in [3.63, 3.8) is 0 Å². The molecule has 6 heteroatoms. The van der Waals surface area contributed by atoms with Gasteiger partial charge in [-0.1, -0.05) is 41.2 Å². The second-order valence-corrected chi connectivity index (χ2v) is 6.72. The van der Waals surface area contributed by atoms with Gasteiger partial charge in [0.2, 0.25) is 4.96 Å². The van der Waals surface area contributed by atoms with Gasteiger partial charge in [-0.3, -0.25) is 9.69 Å². The smallest absolute Gasteiger partial charge is 0.275 e. The largest absolute Gasteiger partial charge is 0.296 e. The first kappa shape index (κ1) is 14.9. The van der Waals surface area contributed by atoms with Crippen molar-refractivity contribution in [2.45, 2.75) is 26.9 Å². The lowest BCUT2D eigenvalue weighted by Crippen LogP contribution is -2.21. The number of aromatic nitrogens is 3. The molecule has 3 rings (SSSR count). The Morgan fingerprint density at radius 3 is 2.64 bits per heavy atom. The molecule has 3 aromatic rings. The fourth-order valence-corrected chi connectivity index (χ4v) is 3.14. The summed E-state index contributed by atoms with van der Waals surface area (Å²) in [5, 5.41) is 5.00. The number of hydrogen-bond donors (Lipinski definition) is 0. The number of rotatable bonds is 4. The van der Waals surface area contributed by atoms with E-state index in [-0.39, 0.29) is 5.56 Å². The molecular formula is C16H18N4OS. The van der Waals surface area contributed by atoms with Gasteiger partial charge >= 0.3 is 0 Å². The van der Waals surface area contributed by atoms with Crippen molar-refractivity contribution >= 4 is 16.3 Å². The van der Waals surface area contributed by atoms with E-state index in [2.05, 4.69) is 46.2 Å². The Bertz CT molecular complexity index is 851. The Morgan fingerprint density at radius 1 is 1.18 bits per heavy atom. The second kappa shape index (κ2) is 5.98. The highest BCUT2D eigenvalue weighted by atomic mass is 32.1. The van der Waals surface area contributed by atoms with Crippen molar-refractivity contribution in [1.82, 2.24) is 19.5 Å². The Hall–Kier alpha value is -2.05. The molecule has 0 spiro atoms. The molecular weight excluding hydrogens is 296 g/mol. The molecule has 0 saturated carbocycles. The fraction of sp³-hybridized carbons (Fsp3) is 0.312. The molecule has 0 unspecified atom stereocenters. The van der Waals surface area contributed by atoms with Gasteiger partial charge in [0.05, 0.1) is 5.69 Å². The van der Waals surface area contributed by atoms with Crippen molar-refractivity contribution in [3.05, 3.63) is 62.5 Å². The maximum absolute atomic E-state index is 12.0. The van der Waals surface area contributed by atoms with Crippen LogP contribution in [0.2, 0.25) is 0 Å². The monoisotopic (exact) mass is 314 g/mol. The van der Waals surface area contributed by atoms with Gasteiger partial charge in [-0.15, -0.1) is 0 Å². The molecule has 114 valence electrons. The van der Waals surface area contributed by atoms with Gasteiger partial charge in [0, 0.05) is 19.2 Å². The van der Waals surface area contributed by atoms with E-state index in [4.69, 9.17) is 0 Å². The predicted octanol–water partition coefficient (Wildman–Crippen LogP) is 2.40. The van der Waals surface area contributed by atoms with Crippen LogP contribution in [-0.2, 0) is 13.1 Å². The van der Waals surface area contributed by atoms with E-state index in [0.717, 1.165) is 17.2 Å². The van der Waals surface area contributed by atoms with Crippen molar-refractivity contribution in [2.24, 2.45) is 0 Å². The highest BCUT2D eigenvalue weighted by Crippen LogP contribution is 2.12. The van der Waals surface area contributed by atoms with Crippen LogP contribution in [0.4, 0.5) is 0 Å². The van der Waals surface area contributed by atoms with Crippen molar-refractivity contribution < 1.29 is 0 Å². The van der Waals surface area contributed by atoms with Crippen LogP contribution < -0.4 is 5.56 Å². The summed E-state index contributed by atoms with van der Waals surface area (Å²) in [6.45, 7) is 5.42. The number of aryl methyl sites for hydroxylation is 2. The predicted molar refractivity (Wildman–Crippen MR) is 88.2 cm³/mol. The minimum Gasteiger partial charge on any atom is -0.296 e. The Labute approximate surface area is 132 Å². The third-order valence-electron chi connectivity index (χ3n) is 3.40. The highest BCUT2D eigenvalue weighted by Gasteiger charge is 2.09. The van der Waals surface area contributed by atoms with Crippen molar-refractivity contribution in [1.29, 1.82) is 0 Å². The third kappa shape index (κ3) is 3.23. The zero-order valence-corrected chi connectivity index (χ0v) is 13.7. The lowest BCUT2D eigenvalue weighted by molar-refractivity contribution is 0.315. The third-order valence-corrected chi connectivity index (χ3v) is 4.23. The molecule has 0 atom stereocenters. The summed E-state index contributed by atoms with van der Waals surface area (Å²) in [5.41, 5.74) is 3.17. The van der Waals surface area contributed by atoms with Crippen LogP contribution in [0, 0.1) is 13.8 Å². The Morgan fingerprint density at radius 2 is 1.91 bits per heavy atom. The van der Waals surface area contributed by atoms with Gasteiger partial charge in [0.1, 0.15) is 5.01 Å². The zero-order chi connectivity index (χ0) is 15.7. The summed E-state index contributed by atoms with van der Waals surface area (Å²) in [7, 11) is 2.03. The summed E-state index contributed by atoms with van der Waals surface area (Å²) >= 11 is 1.44. The first-order valence-corrected chi connectivity index (χ1v) is 7.93. The average molecular weight is 314 g/mol. The minimum absolute atomic E-state index is 0.118. The first-order valence-electron chi connectivity index (χ1n) is 7.12. The van der Waals surface area contributed by atoms with E-state index in [1.54, 1.807) is 6.07 Å². The van der Waals surface area contributed by atoms with E-state index in [1.807, 2.05) is 14.0 Å². The molecule has 1 aromatic carbocycles. The van der Waals surface area contributed by atoms with Gasteiger partial charge in [-0.2, -0.15) is 9.61 Å². The molecule has 0 fully saturated rings. The average Bonchev–Trinajstić information content (AvgIpc) is 2.82. The van der Waals surface area contributed by atoms with Gasteiger partial charge in [0.25, 0.3) is 5.56 Å². The Balaban J connectivity index is 1.77. The number of benzene rings is 1. The number of hydrogen-bond acceptors (Lipinski definition) is 5. The quantitative estimate of drug-likeness (QED) is 0.742. The molecule has 0 amide bonds. The molecule has 0 aliphatic carbocycles. The van der Waals surface area contributed by atoms with Crippen LogP contribution in [0.3, 0.4) is 0 Å². The van der Waals surface area contributed by atoms with Crippen LogP contribution in [0.5, 0.6) is 0 Å². The fourth-order valence-electron chi connectivity index (χ4n) is 2.37. The molecule has 0 bridgehead atoms. The van der Waals surface area contributed by atoms with E-state index in [9.17, 15) is 4.79 Å². The molecule has 0 N–H and O–H groups in total. The molecule has 0 radical (unpaired) electrons. The summed E-state index contributed by atoms with van der Waals surface area (Å²) in [4.78, 5) is 19.4. The van der Waals surface area contributed by atoms with Gasteiger partial charge < -0.3 is 0 Å². The van der Waals surface area contributed by atoms with Crippen LogP contribution in [-0.4, -0.2) is 26.5 Å². The second-order valence-electron chi connectivity index (χ2n) is 5.56. The van der Waals surface area contributed by atoms with Gasteiger partial charge in [-0.25, -0.2) is 4.98 Å². The zero-order valence-electron chi connectivity index (χ0n) is 12.9. The molecule has 2 aromatic heterocycles. The van der Waals surface area contributed by atoms with E-state index >= 15 is 0 Å². The SMILES string of the molecule is Cc1ccc(CN(C)Cc2cc(=O)n3nc(C)sc3n2)cc1. The number of nitrogens with zero attached hydrogens (tertiary/aromatic N) is 4. The molecule has 22 heavy (non-hydrogen) atoms. The van der Waals surface area contributed by atoms with Crippen molar-refractivity contribution in [2.75, 3.05) is 7.05 Å². The molecule has 0 aliphatic rings. The summed E-state index contributed by atoms with van der Waals surface area (Å²) in [6.07, 6.45) is 0. The van der Waals surface area contributed by atoms with Crippen LogP contribution in [0.25, 0.3) is 4.96 Å². The minimum atomic E-state index is -0.118. The molecule has 2 heterocycles. The summed E-state index contributed by atoms with van der Waals surface area (Å²) in [5.74, 6) is 0. The summed E-state index contributed by atoms with van der Waals surface area (Å²) < 4.78 is 1.36. The van der Waals surface area contributed by atoms with E-state index in [0.29, 0.717) is 11.5 Å². The first-order chi connectivity index (χ1) is 10.5. The molecule has 5 nitrogen and oxygen atoms in total. The van der Waals surface area contributed by atoms with Crippen LogP contribution >= 0.6 is 11.3 Å². The lowest BCUT2D eigenvalue weighted by atomic mass is 10.1. The maximum atomic E-state index is 12.0. The van der Waals surface area contributed by atoms with Gasteiger partial charge in [0.15, 0.2) is 0 Å². The highest BCUT2D eigenvalue weighted by molar-refractivity contribution is 7.16. The van der Waals surface area contributed by atoms with Crippen LogP contribution in [0.1, 0.15) is 21.8 Å². The number of fused-ring (bicyclic) bond motifs is 1.